The fraction of sp³-hybridized carbons (Fsp3) is 0.727. The van der Waals surface area contributed by atoms with Gasteiger partial charge in [0, 0.05) is 19.3 Å². The van der Waals surface area contributed by atoms with Gasteiger partial charge in [0.05, 0.1) is 16.3 Å². The first kappa shape index (κ1) is 13.2. The summed E-state index contributed by atoms with van der Waals surface area (Å²) >= 11 is 2.22. The van der Waals surface area contributed by atoms with Crippen LogP contribution < -0.4 is 0 Å². The molecule has 1 unspecified atom stereocenters. The minimum absolute atomic E-state index is 0.0901. The van der Waals surface area contributed by atoms with Crippen LogP contribution in [0.4, 0.5) is 8.78 Å². The summed E-state index contributed by atoms with van der Waals surface area (Å²) in [4.78, 5) is 1.87. The van der Waals surface area contributed by atoms with Gasteiger partial charge in [-0.1, -0.05) is 0 Å². The Morgan fingerprint density at radius 2 is 2.35 bits per heavy atom. The van der Waals surface area contributed by atoms with E-state index >= 15 is 0 Å². The van der Waals surface area contributed by atoms with Gasteiger partial charge in [0.1, 0.15) is 0 Å². The van der Waals surface area contributed by atoms with Gasteiger partial charge in [-0.3, -0.25) is 9.58 Å². The molecule has 1 aliphatic heterocycles. The Morgan fingerprint density at radius 3 is 3.00 bits per heavy atom. The molecule has 1 aliphatic rings. The summed E-state index contributed by atoms with van der Waals surface area (Å²) < 4.78 is 27.7. The molecule has 0 bridgehead atoms. The van der Waals surface area contributed by atoms with Crippen LogP contribution in [-0.4, -0.2) is 40.7 Å². The third-order valence-electron chi connectivity index (χ3n) is 3.05. The van der Waals surface area contributed by atoms with Crippen molar-refractivity contribution < 1.29 is 8.78 Å². The van der Waals surface area contributed by atoms with Crippen molar-refractivity contribution in [2.45, 2.75) is 25.8 Å². The minimum Gasteiger partial charge on any atom is -0.297 e. The quantitative estimate of drug-likeness (QED) is 0.774. The van der Waals surface area contributed by atoms with E-state index in [-0.39, 0.29) is 6.54 Å². The van der Waals surface area contributed by atoms with Gasteiger partial charge in [-0.2, -0.15) is 5.10 Å². The number of rotatable bonds is 4. The van der Waals surface area contributed by atoms with Gasteiger partial charge in [0.2, 0.25) is 0 Å². The Morgan fingerprint density at radius 1 is 1.53 bits per heavy atom. The average molecular weight is 355 g/mol. The third kappa shape index (κ3) is 4.17. The van der Waals surface area contributed by atoms with Crippen LogP contribution in [0.2, 0.25) is 0 Å². The maximum Gasteiger partial charge on any atom is 0.251 e. The van der Waals surface area contributed by atoms with Gasteiger partial charge in [-0.05, 0) is 47.9 Å². The van der Waals surface area contributed by atoms with Crippen LogP contribution in [0.3, 0.4) is 0 Å². The molecular weight excluding hydrogens is 339 g/mol. The number of hydrogen-bond acceptors (Lipinski definition) is 2. The second kappa shape index (κ2) is 6.08. The van der Waals surface area contributed by atoms with E-state index in [0.717, 1.165) is 36.0 Å². The van der Waals surface area contributed by atoms with E-state index in [0.29, 0.717) is 5.92 Å². The molecule has 0 aliphatic carbocycles. The summed E-state index contributed by atoms with van der Waals surface area (Å²) in [6.45, 7) is 2.31. The molecule has 96 valence electrons. The lowest BCUT2D eigenvalue weighted by Crippen LogP contribution is -2.39. The van der Waals surface area contributed by atoms with Crippen molar-refractivity contribution in [3.8, 4) is 0 Å². The first-order chi connectivity index (χ1) is 8.13. The number of halogens is 3. The van der Waals surface area contributed by atoms with Crippen LogP contribution in [0.15, 0.2) is 12.4 Å². The molecule has 0 saturated carbocycles. The maximum atomic E-state index is 12.3. The van der Waals surface area contributed by atoms with Gasteiger partial charge >= 0.3 is 0 Å². The normalized spacial score (nSPS) is 22.2. The summed E-state index contributed by atoms with van der Waals surface area (Å²) in [7, 11) is 0. The van der Waals surface area contributed by atoms with Crippen LogP contribution in [-0.2, 0) is 6.54 Å². The zero-order valence-corrected chi connectivity index (χ0v) is 11.7. The van der Waals surface area contributed by atoms with Crippen LogP contribution in [0.1, 0.15) is 12.8 Å². The van der Waals surface area contributed by atoms with Crippen molar-refractivity contribution in [2.75, 3.05) is 19.6 Å². The van der Waals surface area contributed by atoms with E-state index in [2.05, 4.69) is 27.7 Å². The van der Waals surface area contributed by atoms with Crippen molar-refractivity contribution in [3.63, 3.8) is 0 Å². The zero-order chi connectivity index (χ0) is 12.3. The Kier molecular flexibility index (Phi) is 4.72. The van der Waals surface area contributed by atoms with Crippen LogP contribution in [0.25, 0.3) is 0 Å². The summed E-state index contributed by atoms with van der Waals surface area (Å²) in [5.41, 5.74) is 0. The number of hydrogen-bond donors (Lipinski definition) is 0. The van der Waals surface area contributed by atoms with E-state index in [1.165, 1.54) is 0 Å². The highest BCUT2D eigenvalue weighted by molar-refractivity contribution is 14.1. The van der Waals surface area contributed by atoms with Crippen molar-refractivity contribution in [2.24, 2.45) is 5.92 Å². The number of piperidine rings is 1. The lowest BCUT2D eigenvalue weighted by Gasteiger charge is -2.32. The summed E-state index contributed by atoms with van der Waals surface area (Å²) in [6.07, 6.45) is 3.71. The largest absolute Gasteiger partial charge is 0.297 e. The molecule has 2 heterocycles. The third-order valence-corrected chi connectivity index (χ3v) is 3.60. The molecule has 2 rings (SSSR count). The lowest BCUT2D eigenvalue weighted by atomic mass is 9.98. The minimum atomic E-state index is -2.22. The predicted molar refractivity (Wildman–Crippen MR) is 70.1 cm³/mol. The Labute approximate surface area is 113 Å². The van der Waals surface area contributed by atoms with Crippen LogP contribution in [0.5, 0.6) is 0 Å². The first-order valence-electron chi connectivity index (χ1n) is 5.82. The van der Waals surface area contributed by atoms with E-state index in [9.17, 15) is 8.78 Å². The summed E-state index contributed by atoms with van der Waals surface area (Å²) in [6, 6.07) is 0. The topological polar surface area (TPSA) is 21.1 Å². The zero-order valence-electron chi connectivity index (χ0n) is 9.53. The fourth-order valence-corrected chi connectivity index (χ4v) is 2.81. The van der Waals surface area contributed by atoms with Crippen LogP contribution >= 0.6 is 22.6 Å². The lowest BCUT2D eigenvalue weighted by molar-refractivity contribution is 0.0615. The van der Waals surface area contributed by atoms with E-state index in [1.807, 2.05) is 22.0 Å². The molecule has 1 aromatic heterocycles. The fourth-order valence-electron chi connectivity index (χ4n) is 2.36. The molecule has 17 heavy (non-hydrogen) atoms. The Bertz CT molecular complexity index is 356. The number of nitrogens with zero attached hydrogens (tertiary/aromatic N) is 3. The molecule has 1 fully saturated rings. The maximum absolute atomic E-state index is 12.3. The molecule has 0 N–H and O–H groups in total. The standard InChI is InChI=1S/C11H16F2IN3/c12-11(13)8-16-3-1-2-9(5-16)6-17-7-10(14)4-15-17/h4,7,9,11H,1-3,5-6,8H2. The number of likely N-dealkylation sites (tertiary alicyclic amines) is 1. The van der Waals surface area contributed by atoms with E-state index < -0.39 is 6.43 Å². The van der Waals surface area contributed by atoms with Gasteiger partial charge in [0.15, 0.2) is 0 Å². The predicted octanol–water partition coefficient (Wildman–Crippen LogP) is 2.46. The second-order valence-corrected chi connectivity index (χ2v) is 5.79. The van der Waals surface area contributed by atoms with E-state index in [1.54, 1.807) is 0 Å². The van der Waals surface area contributed by atoms with E-state index in [4.69, 9.17) is 0 Å². The highest BCUT2D eigenvalue weighted by Crippen LogP contribution is 2.19. The molecular formula is C11H16F2IN3. The highest BCUT2D eigenvalue weighted by Gasteiger charge is 2.22. The van der Waals surface area contributed by atoms with Gasteiger partial charge in [-0.25, -0.2) is 8.78 Å². The van der Waals surface area contributed by atoms with Crippen molar-refractivity contribution in [1.29, 1.82) is 0 Å². The van der Waals surface area contributed by atoms with Crippen molar-refractivity contribution in [1.82, 2.24) is 14.7 Å². The molecule has 0 spiro atoms. The molecule has 0 aromatic carbocycles. The van der Waals surface area contributed by atoms with Gasteiger partial charge in [0.25, 0.3) is 6.43 Å². The van der Waals surface area contributed by atoms with Crippen molar-refractivity contribution in [3.05, 3.63) is 16.0 Å². The first-order valence-corrected chi connectivity index (χ1v) is 6.90. The van der Waals surface area contributed by atoms with Gasteiger partial charge in [-0.15, -0.1) is 0 Å². The van der Waals surface area contributed by atoms with Crippen molar-refractivity contribution >= 4 is 22.6 Å². The summed E-state index contributed by atoms with van der Waals surface area (Å²) in [5.74, 6) is 0.443. The molecule has 1 atom stereocenters. The Hall–Kier alpha value is -0.240. The second-order valence-electron chi connectivity index (χ2n) is 4.54. The Balaban J connectivity index is 1.85. The monoisotopic (exact) mass is 355 g/mol. The average Bonchev–Trinajstić information content (AvgIpc) is 2.63. The number of aromatic nitrogens is 2. The molecule has 6 heteroatoms. The molecule has 0 radical (unpaired) electrons. The molecule has 1 aromatic rings. The molecule has 1 saturated heterocycles. The van der Waals surface area contributed by atoms with Crippen LogP contribution in [0, 0.1) is 9.49 Å². The number of alkyl halides is 2. The molecule has 0 amide bonds. The smallest absolute Gasteiger partial charge is 0.251 e. The highest BCUT2D eigenvalue weighted by atomic mass is 127. The SMILES string of the molecule is FC(F)CN1CCCC(Cn2cc(I)cn2)C1. The summed E-state index contributed by atoms with van der Waals surface area (Å²) in [5, 5.41) is 4.24. The molecule has 3 nitrogen and oxygen atoms in total. The van der Waals surface area contributed by atoms with Gasteiger partial charge < -0.3 is 0 Å².